The van der Waals surface area contributed by atoms with E-state index in [1.54, 1.807) is 0 Å². The Labute approximate surface area is 182 Å². The molecule has 0 atom stereocenters. The molecule has 1 aliphatic heterocycles. The van der Waals surface area contributed by atoms with Crippen LogP contribution in [0.25, 0.3) is 0 Å². The Hall–Kier alpha value is -1.04. The Balaban J connectivity index is 0.00000392. The Kier molecular flexibility index (Phi) is 10.6. The van der Waals surface area contributed by atoms with Crippen LogP contribution in [0, 0.1) is 0 Å². The molecular weight excluding hydrogens is 484 g/mol. The van der Waals surface area contributed by atoms with Crippen LogP contribution in [0.5, 0.6) is 0 Å². The minimum absolute atomic E-state index is 0. The van der Waals surface area contributed by atoms with Crippen molar-refractivity contribution in [1.82, 2.24) is 25.3 Å². The van der Waals surface area contributed by atoms with Crippen LogP contribution < -0.4 is 10.6 Å². The van der Waals surface area contributed by atoms with Gasteiger partial charge in [-0.3, -0.25) is 4.68 Å². The van der Waals surface area contributed by atoms with Crippen molar-refractivity contribution in [1.29, 1.82) is 0 Å². The molecule has 0 aliphatic carbocycles. The summed E-state index contributed by atoms with van der Waals surface area (Å²) in [6.45, 7) is 7.94. The molecule has 28 heavy (non-hydrogen) atoms. The molecule has 2 rings (SSSR count). The molecule has 0 unspecified atom stereocenters. The fourth-order valence-corrected chi connectivity index (χ4v) is 3.25. The van der Waals surface area contributed by atoms with Gasteiger partial charge >= 0.3 is 6.18 Å². The molecular formula is C18H32F3IN6. The molecule has 0 amide bonds. The highest BCUT2D eigenvalue weighted by molar-refractivity contribution is 14.0. The zero-order valence-corrected chi connectivity index (χ0v) is 19.2. The first kappa shape index (κ1) is 25.0. The van der Waals surface area contributed by atoms with Gasteiger partial charge in [0.2, 0.25) is 0 Å². The normalized spacial score (nSPS) is 16.7. The van der Waals surface area contributed by atoms with Crippen LogP contribution in [0.15, 0.2) is 11.2 Å². The highest BCUT2D eigenvalue weighted by Crippen LogP contribution is 2.30. The van der Waals surface area contributed by atoms with Crippen molar-refractivity contribution >= 4 is 29.9 Å². The average Bonchev–Trinajstić information content (AvgIpc) is 3.00. The SMILES string of the molecule is CCCCN1CCC(NC(=NCc2cn(C)nc2C(F)(F)F)NCC)CC1.I. The van der Waals surface area contributed by atoms with Crippen LogP contribution >= 0.6 is 24.0 Å². The van der Waals surface area contributed by atoms with E-state index >= 15 is 0 Å². The second kappa shape index (κ2) is 11.8. The summed E-state index contributed by atoms with van der Waals surface area (Å²) in [5.41, 5.74) is -0.787. The first-order chi connectivity index (χ1) is 12.8. The van der Waals surface area contributed by atoms with E-state index in [2.05, 4.69) is 32.5 Å². The van der Waals surface area contributed by atoms with Crippen molar-refractivity contribution in [3.63, 3.8) is 0 Å². The smallest absolute Gasteiger partial charge is 0.357 e. The topological polar surface area (TPSA) is 57.5 Å². The fourth-order valence-electron chi connectivity index (χ4n) is 3.25. The molecule has 0 spiro atoms. The summed E-state index contributed by atoms with van der Waals surface area (Å²) in [6, 6.07) is 0.289. The number of aliphatic imine (C=N–C) groups is 1. The Morgan fingerprint density at radius 2 is 1.96 bits per heavy atom. The summed E-state index contributed by atoms with van der Waals surface area (Å²) in [4.78, 5) is 6.83. The lowest BCUT2D eigenvalue weighted by Crippen LogP contribution is -2.48. The van der Waals surface area contributed by atoms with Gasteiger partial charge < -0.3 is 15.5 Å². The molecule has 1 fully saturated rings. The average molecular weight is 516 g/mol. The van der Waals surface area contributed by atoms with Crippen molar-refractivity contribution in [2.24, 2.45) is 12.0 Å². The number of guanidine groups is 1. The van der Waals surface area contributed by atoms with Gasteiger partial charge in [-0.2, -0.15) is 18.3 Å². The lowest BCUT2D eigenvalue weighted by atomic mass is 10.0. The number of unbranched alkanes of at least 4 members (excludes halogenated alkanes) is 1. The predicted octanol–water partition coefficient (Wildman–Crippen LogP) is 3.38. The predicted molar refractivity (Wildman–Crippen MR) is 116 cm³/mol. The van der Waals surface area contributed by atoms with Gasteiger partial charge in [-0.15, -0.1) is 24.0 Å². The Morgan fingerprint density at radius 3 is 2.54 bits per heavy atom. The van der Waals surface area contributed by atoms with Gasteiger partial charge in [-0.25, -0.2) is 4.99 Å². The van der Waals surface area contributed by atoms with E-state index in [0.717, 1.165) is 32.5 Å². The number of aryl methyl sites for hydroxylation is 1. The third-order valence-electron chi connectivity index (χ3n) is 4.68. The number of piperidine rings is 1. The molecule has 2 N–H and O–H groups in total. The van der Waals surface area contributed by atoms with E-state index in [-0.39, 0.29) is 42.1 Å². The van der Waals surface area contributed by atoms with Gasteiger partial charge in [0.05, 0.1) is 6.54 Å². The maximum Gasteiger partial charge on any atom is 0.435 e. The van der Waals surface area contributed by atoms with Crippen molar-refractivity contribution in [3.05, 3.63) is 17.5 Å². The van der Waals surface area contributed by atoms with E-state index < -0.39 is 11.9 Å². The second-order valence-electron chi connectivity index (χ2n) is 6.98. The van der Waals surface area contributed by atoms with E-state index in [1.807, 2.05) is 6.92 Å². The monoisotopic (exact) mass is 516 g/mol. The number of nitrogens with one attached hydrogen (secondary N) is 2. The van der Waals surface area contributed by atoms with Gasteiger partial charge in [0.15, 0.2) is 11.7 Å². The number of likely N-dealkylation sites (tertiary alicyclic amines) is 1. The van der Waals surface area contributed by atoms with Crippen LogP contribution in [0.2, 0.25) is 0 Å². The lowest BCUT2D eigenvalue weighted by molar-refractivity contribution is -0.142. The number of hydrogen-bond donors (Lipinski definition) is 2. The molecule has 162 valence electrons. The minimum Gasteiger partial charge on any atom is -0.357 e. The van der Waals surface area contributed by atoms with Gasteiger partial charge in [0.25, 0.3) is 0 Å². The van der Waals surface area contributed by atoms with Gasteiger partial charge in [0, 0.05) is 44.5 Å². The van der Waals surface area contributed by atoms with E-state index in [4.69, 9.17) is 0 Å². The highest BCUT2D eigenvalue weighted by Gasteiger charge is 2.36. The summed E-state index contributed by atoms with van der Waals surface area (Å²) in [5, 5.41) is 10.0. The summed E-state index contributed by atoms with van der Waals surface area (Å²) in [6.07, 6.45) is 1.34. The quantitative estimate of drug-likeness (QED) is 0.332. The molecule has 0 bridgehead atoms. The van der Waals surface area contributed by atoms with Gasteiger partial charge in [-0.05, 0) is 32.7 Å². The van der Waals surface area contributed by atoms with Crippen LogP contribution in [-0.4, -0.2) is 52.9 Å². The molecule has 10 heteroatoms. The van der Waals surface area contributed by atoms with Crippen molar-refractivity contribution in [2.75, 3.05) is 26.2 Å². The first-order valence-electron chi connectivity index (χ1n) is 9.70. The second-order valence-corrected chi connectivity index (χ2v) is 6.98. The lowest BCUT2D eigenvalue weighted by Gasteiger charge is -2.33. The number of halogens is 4. The minimum atomic E-state index is -4.47. The molecule has 1 aromatic rings. The number of rotatable bonds is 7. The summed E-state index contributed by atoms with van der Waals surface area (Å²) in [7, 11) is 1.48. The number of hydrogen-bond acceptors (Lipinski definition) is 3. The Morgan fingerprint density at radius 1 is 1.29 bits per heavy atom. The Bertz CT molecular complexity index is 609. The van der Waals surface area contributed by atoms with Crippen LogP contribution in [0.3, 0.4) is 0 Å². The molecule has 1 aromatic heterocycles. The zero-order chi connectivity index (χ0) is 19.9. The summed E-state index contributed by atoms with van der Waals surface area (Å²) in [5.74, 6) is 0.557. The van der Waals surface area contributed by atoms with E-state index in [0.29, 0.717) is 12.5 Å². The maximum atomic E-state index is 13.1. The van der Waals surface area contributed by atoms with Crippen molar-refractivity contribution < 1.29 is 13.2 Å². The molecule has 1 saturated heterocycles. The van der Waals surface area contributed by atoms with Crippen molar-refractivity contribution in [2.45, 2.75) is 58.3 Å². The molecule has 2 heterocycles. The summed E-state index contributed by atoms with van der Waals surface area (Å²) >= 11 is 0. The molecule has 0 saturated carbocycles. The van der Waals surface area contributed by atoms with Crippen LogP contribution in [0.1, 0.15) is 50.8 Å². The van der Waals surface area contributed by atoms with Gasteiger partial charge in [-0.1, -0.05) is 13.3 Å². The highest BCUT2D eigenvalue weighted by atomic mass is 127. The largest absolute Gasteiger partial charge is 0.435 e. The first-order valence-corrected chi connectivity index (χ1v) is 9.70. The molecule has 1 aliphatic rings. The third-order valence-corrected chi connectivity index (χ3v) is 4.68. The fraction of sp³-hybridized carbons (Fsp3) is 0.778. The van der Waals surface area contributed by atoms with Crippen LogP contribution in [0.4, 0.5) is 13.2 Å². The van der Waals surface area contributed by atoms with Crippen molar-refractivity contribution in [3.8, 4) is 0 Å². The molecule has 0 radical (unpaired) electrons. The molecule has 0 aromatic carbocycles. The summed E-state index contributed by atoms with van der Waals surface area (Å²) < 4.78 is 40.4. The van der Waals surface area contributed by atoms with E-state index in [9.17, 15) is 13.2 Å². The maximum absolute atomic E-state index is 13.1. The standard InChI is InChI=1S/C18H31F3N6.HI/c1-4-6-9-27-10-7-15(8-11-27)24-17(22-5-2)23-12-14-13-26(3)25-16(14)18(19,20)21;/h13,15H,4-12H2,1-3H3,(H2,22,23,24);1H. The van der Waals surface area contributed by atoms with Gasteiger partial charge in [0.1, 0.15) is 0 Å². The number of alkyl halides is 3. The zero-order valence-electron chi connectivity index (χ0n) is 16.8. The third kappa shape index (κ3) is 7.76. The molecule has 6 nitrogen and oxygen atoms in total. The number of nitrogens with zero attached hydrogens (tertiary/aromatic N) is 4. The van der Waals surface area contributed by atoms with Crippen LogP contribution in [-0.2, 0) is 19.8 Å². The van der Waals surface area contributed by atoms with E-state index in [1.165, 1.54) is 30.8 Å². The number of aromatic nitrogens is 2.